The highest BCUT2D eigenvalue weighted by molar-refractivity contribution is 5.97. The van der Waals surface area contributed by atoms with Gasteiger partial charge in [-0.3, -0.25) is 0 Å². The summed E-state index contributed by atoms with van der Waals surface area (Å²) in [6, 6.07) is 34.0. The normalized spacial score (nSPS) is 12.5. The van der Waals surface area contributed by atoms with Gasteiger partial charge in [-0.05, 0) is 64.9 Å². The Balaban J connectivity index is 1.60. The number of nitrogens with zero attached hydrogens (tertiary/aromatic N) is 1. The van der Waals surface area contributed by atoms with Crippen LogP contribution in [0.25, 0.3) is 21.9 Å². The van der Waals surface area contributed by atoms with E-state index in [2.05, 4.69) is 116 Å². The smallest absolute Gasteiger partial charge is 0.0998 e. The molecule has 0 bridgehead atoms. The lowest BCUT2D eigenvalue weighted by Gasteiger charge is -2.21. The van der Waals surface area contributed by atoms with Crippen molar-refractivity contribution in [3.8, 4) is 17.2 Å². The van der Waals surface area contributed by atoms with Crippen molar-refractivity contribution in [2.75, 3.05) is 0 Å². The number of allylic oxidation sites excluding steroid dienone is 3. The van der Waals surface area contributed by atoms with Gasteiger partial charge < -0.3 is 5.32 Å². The summed E-state index contributed by atoms with van der Waals surface area (Å²) in [5.74, 6) is 0. The Labute approximate surface area is 214 Å². The van der Waals surface area contributed by atoms with Gasteiger partial charge in [-0.25, -0.2) is 0 Å². The molecule has 36 heavy (non-hydrogen) atoms. The molecule has 0 saturated carbocycles. The first-order valence-corrected chi connectivity index (χ1v) is 12.5. The second kappa shape index (κ2) is 12.5. The molecule has 0 fully saturated rings. The predicted octanol–water partition coefficient (Wildman–Crippen LogP) is 8.16. The lowest BCUT2D eigenvalue weighted by atomic mass is 9.93. The second-order valence-electron chi connectivity index (χ2n) is 8.86. The number of hydrogen-bond acceptors (Lipinski definition) is 2. The Hall–Kier alpha value is -4.19. The molecule has 0 radical (unpaired) electrons. The molecule has 2 nitrogen and oxygen atoms in total. The van der Waals surface area contributed by atoms with Crippen molar-refractivity contribution in [2.45, 2.75) is 32.4 Å². The lowest BCUT2D eigenvalue weighted by molar-refractivity contribution is 0.540. The number of hydrogen-bond donors (Lipinski definition) is 1. The van der Waals surface area contributed by atoms with Gasteiger partial charge in [0.2, 0.25) is 0 Å². The first-order valence-electron chi connectivity index (χ1n) is 12.5. The van der Waals surface area contributed by atoms with E-state index < -0.39 is 0 Å². The van der Waals surface area contributed by atoms with Crippen LogP contribution in [0.2, 0.25) is 0 Å². The lowest BCUT2D eigenvalue weighted by Crippen LogP contribution is -2.30. The third-order valence-electron chi connectivity index (χ3n) is 6.56. The monoisotopic (exact) mass is 468 g/mol. The number of nitrogens with one attached hydrogen (secondary N) is 1. The molecule has 178 valence electrons. The van der Waals surface area contributed by atoms with Crippen LogP contribution in [0, 0.1) is 11.3 Å². The SMILES string of the molecule is C=C/C=C\C(=C/C)C(CCc1ccccc1)NCc1ccc(C#N)c(-c2cccc3ccccc23)c1. The molecule has 0 spiro atoms. The standard InChI is InChI=1S/C34H32N2/c1-3-5-14-28(4-2)34(22-20-26-12-7-6-8-13-26)36-25-27-19-21-30(24-35)33(23-27)32-18-11-16-29-15-9-10-17-31(29)32/h3-19,21,23,34,36H,1,20,22,25H2,2H3/b14-5-,28-4+. The molecule has 0 amide bonds. The Morgan fingerprint density at radius 2 is 1.69 bits per heavy atom. The molecule has 2 heteroatoms. The molecular weight excluding hydrogens is 436 g/mol. The van der Waals surface area contributed by atoms with E-state index in [0.717, 1.165) is 34.9 Å². The summed E-state index contributed by atoms with van der Waals surface area (Å²) in [4.78, 5) is 0. The van der Waals surface area contributed by atoms with Crippen LogP contribution in [0.5, 0.6) is 0 Å². The van der Waals surface area contributed by atoms with Gasteiger partial charge in [0.05, 0.1) is 11.6 Å². The largest absolute Gasteiger partial charge is 0.306 e. The zero-order valence-electron chi connectivity index (χ0n) is 20.8. The molecule has 1 atom stereocenters. The third-order valence-corrected chi connectivity index (χ3v) is 6.56. The predicted molar refractivity (Wildman–Crippen MR) is 153 cm³/mol. The van der Waals surface area contributed by atoms with Crippen molar-refractivity contribution in [1.29, 1.82) is 5.26 Å². The molecule has 1 unspecified atom stereocenters. The fraction of sp³-hybridized carbons (Fsp3) is 0.147. The van der Waals surface area contributed by atoms with Crippen molar-refractivity contribution in [3.05, 3.63) is 144 Å². The van der Waals surface area contributed by atoms with Crippen molar-refractivity contribution in [1.82, 2.24) is 5.32 Å². The van der Waals surface area contributed by atoms with Gasteiger partial charge in [0.25, 0.3) is 0 Å². The summed E-state index contributed by atoms with van der Waals surface area (Å²) < 4.78 is 0. The first kappa shape index (κ1) is 24.9. The average Bonchev–Trinajstić information content (AvgIpc) is 2.94. The fourth-order valence-electron chi connectivity index (χ4n) is 4.66. The van der Waals surface area contributed by atoms with E-state index in [1.54, 1.807) is 0 Å². The van der Waals surface area contributed by atoms with Gasteiger partial charge >= 0.3 is 0 Å². The molecule has 0 aliphatic carbocycles. The van der Waals surface area contributed by atoms with Gasteiger partial charge in [-0.1, -0.05) is 110 Å². The topological polar surface area (TPSA) is 35.8 Å². The highest BCUT2D eigenvalue weighted by Crippen LogP contribution is 2.31. The molecule has 0 heterocycles. The van der Waals surface area contributed by atoms with Gasteiger partial charge in [0.1, 0.15) is 0 Å². The quantitative estimate of drug-likeness (QED) is 0.238. The van der Waals surface area contributed by atoms with Crippen molar-refractivity contribution in [3.63, 3.8) is 0 Å². The minimum absolute atomic E-state index is 0.197. The summed E-state index contributed by atoms with van der Waals surface area (Å²) in [5.41, 5.74) is 6.50. The maximum absolute atomic E-state index is 9.84. The minimum atomic E-state index is 0.197. The van der Waals surface area contributed by atoms with Crippen molar-refractivity contribution in [2.24, 2.45) is 0 Å². The number of rotatable bonds is 10. The van der Waals surface area contributed by atoms with Gasteiger partial charge in [-0.2, -0.15) is 5.26 Å². The molecule has 0 saturated heterocycles. The maximum Gasteiger partial charge on any atom is 0.0998 e. The fourth-order valence-corrected chi connectivity index (χ4v) is 4.66. The molecule has 0 aromatic heterocycles. The summed E-state index contributed by atoms with van der Waals surface area (Å²) in [5, 5.41) is 16.0. The highest BCUT2D eigenvalue weighted by atomic mass is 14.9. The molecule has 1 N–H and O–H groups in total. The van der Waals surface area contributed by atoms with Crippen LogP contribution in [0.15, 0.2) is 127 Å². The molecule has 4 aromatic rings. The van der Waals surface area contributed by atoms with E-state index in [1.807, 2.05) is 24.3 Å². The third kappa shape index (κ3) is 6.08. The van der Waals surface area contributed by atoms with E-state index in [4.69, 9.17) is 0 Å². The Bertz CT molecular complexity index is 1420. The Kier molecular flexibility index (Phi) is 8.65. The van der Waals surface area contributed by atoms with Crippen LogP contribution in [0.1, 0.15) is 30.0 Å². The molecule has 4 aromatic carbocycles. The zero-order valence-corrected chi connectivity index (χ0v) is 20.8. The van der Waals surface area contributed by atoms with E-state index in [0.29, 0.717) is 12.1 Å². The minimum Gasteiger partial charge on any atom is -0.306 e. The summed E-state index contributed by atoms with van der Waals surface area (Å²) in [7, 11) is 0. The van der Waals surface area contributed by atoms with Crippen molar-refractivity contribution >= 4 is 10.8 Å². The van der Waals surface area contributed by atoms with E-state index in [9.17, 15) is 5.26 Å². The average molecular weight is 469 g/mol. The zero-order chi connectivity index (χ0) is 25.2. The number of benzene rings is 4. The van der Waals surface area contributed by atoms with Crippen molar-refractivity contribution < 1.29 is 0 Å². The van der Waals surface area contributed by atoms with Gasteiger partial charge in [-0.15, -0.1) is 0 Å². The second-order valence-corrected chi connectivity index (χ2v) is 8.86. The summed E-state index contributed by atoms with van der Waals surface area (Å²) >= 11 is 0. The van der Waals surface area contributed by atoms with Gasteiger partial charge in [0.15, 0.2) is 0 Å². The first-order chi connectivity index (χ1) is 17.7. The number of aryl methyl sites for hydroxylation is 1. The summed E-state index contributed by atoms with van der Waals surface area (Å²) in [6.45, 7) is 6.62. The number of fused-ring (bicyclic) bond motifs is 1. The molecule has 0 aliphatic heterocycles. The maximum atomic E-state index is 9.84. The van der Waals surface area contributed by atoms with E-state index >= 15 is 0 Å². The molecular formula is C34H32N2. The van der Waals surface area contributed by atoms with Crippen LogP contribution in [-0.2, 0) is 13.0 Å². The Morgan fingerprint density at radius 1 is 0.917 bits per heavy atom. The van der Waals surface area contributed by atoms with E-state index in [1.165, 1.54) is 16.5 Å². The van der Waals surface area contributed by atoms with Crippen LogP contribution in [0.3, 0.4) is 0 Å². The highest BCUT2D eigenvalue weighted by Gasteiger charge is 2.14. The van der Waals surface area contributed by atoms with Crippen LogP contribution in [-0.4, -0.2) is 6.04 Å². The van der Waals surface area contributed by atoms with Crippen LogP contribution >= 0.6 is 0 Å². The van der Waals surface area contributed by atoms with Crippen LogP contribution < -0.4 is 5.32 Å². The molecule has 0 aliphatic rings. The summed E-state index contributed by atoms with van der Waals surface area (Å²) in [6.07, 6.45) is 10.1. The van der Waals surface area contributed by atoms with Gasteiger partial charge in [0, 0.05) is 18.2 Å². The Morgan fingerprint density at radius 3 is 2.47 bits per heavy atom. The van der Waals surface area contributed by atoms with E-state index in [-0.39, 0.29) is 6.04 Å². The van der Waals surface area contributed by atoms with Crippen LogP contribution in [0.4, 0.5) is 0 Å². The number of nitriles is 1. The molecule has 4 rings (SSSR count).